The smallest absolute Gasteiger partial charge is 0.335 e. The first-order chi connectivity index (χ1) is 16.5. The average molecular weight is 453 g/mol. The lowest BCUT2D eigenvalue weighted by Gasteiger charge is -2.10. The Bertz CT molecular complexity index is 1410. The Balaban J connectivity index is 1.33. The standard InChI is InChI=1S/C28H23NO5/c30-25-15-20-6-7-22(27(31)29-16-18-3-8-26-21(12-18)9-10-34-26)13-23(20)14-24(25)11-17-1-4-19(5-2-17)28(32)33/h1-8,12-15,30H,9-11,16H2,(H,29,31)(H,32,33). The summed E-state index contributed by atoms with van der Waals surface area (Å²) >= 11 is 0. The maximum Gasteiger partial charge on any atom is 0.335 e. The third kappa shape index (κ3) is 4.43. The van der Waals surface area contributed by atoms with Gasteiger partial charge in [0.15, 0.2) is 0 Å². The van der Waals surface area contributed by atoms with Gasteiger partial charge in [-0.2, -0.15) is 0 Å². The van der Waals surface area contributed by atoms with Crippen molar-refractivity contribution in [2.45, 2.75) is 19.4 Å². The SMILES string of the molecule is O=C(O)c1ccc(Cc2cc3cc(C(=O)NCc4ccc5c(c4)CCO5)ccc3cc2O)cc1. The molecular formula is C28H23NO5. The first-order valence-corrected chi connectivity index (χ1v) is 11.1. The number of phenolic OH excluding ortho intramolecular Hbond substituents is 1. The molecule has 34 heavy (non-hydrogen) atoms. The van der Waals surface area contributed by atoms with Gasteiger partial charge in [-0.3, -0.25) is 4.79 Å². The van der Waals surface area contributed by atoms with Crippen LogP contribution < -0.4 is 10.1 Å². The number of carboxylic acids is 1. The van der Waals surface area contributed by atoms with Gasteiger partial charge in [-0.25, -0.2) is 4.79 Å². The van der Waals surface area contributed by atoms with Crippen molar-refractivity contribution in [1.82, 2.24) is 5.32 Å². The predicted octanol–water partition coefficient (Wildman–Crippen LogP) is 4.70. The van der Waals surface area contributed by atoms with Crippen LogP contribution in [0, 0.1) is 0 Å². The number of ether oxygens (including phenoxy) is 1. The fraction of sp³-hybridized carbons (Fsp3) is 0.143. The molecule has 0 aromatic heterocycles. The summed E-state index contributed by atoms with van der Waals surface area (Å²) in [5.41, 5.74) is 4.54. The maximum atomic E-state index is 12.8. The van der Waals surface area contributed by atoms with E-state index in [0.717, 1.165) is 34.1 Å². The molecular weight excluding hydrogens is 430 g/mol. The summed E-state index contributed by atoms with van der Waals surface area (Å²) < 4.78 is 5.53. The third-order valence-electron chi connectivity index (χ3n) is 6.10. The van der Waals surface area contributed by atoms with Gasteiger partial charge >= 0.3 is 5.97 Å². The van der Waals surface area contributed by atoms with Crippen molar-refractivity contribution in [2.24, 2.45) is 0 Å². The van der Waals surface area contributed by atoms with Crippen LogP contribution >= 0.6 is 0 Å². The van der Waals surface area contributed by atoms with E-state index in [1.165, 1.54) is 5.56 Å². The van der Waals surface area contributed by atoms with E-state index in [-0.39, 0.29) is 17.2 Å². The molecule has 0 fully saturated rings. The topological polar surface area (TPSA) is 95.9 Å². The Labute approximate surface area is 196 Å². The summed E-state index contributed by atoms with van der Waals surface area (Å²) in [6, 6.07) is 21.5. The van der Waals surface area contributed by atoms with Crippen LogP contribution in [0.1, 0.15) is 43.0 Å². The van der Waals surface area contributed by atoms with Gasteiger partial charge in [-0.15, -0.1) is 0 Å². The molecule has 4 aromatic carbocycles. The van der Waals surface area contributed by atoms with E-state index < -0.39 is 5.97 Å². The zero-order valence-corrected chi connectivity index (χ0v) is 18.4. The fourth-order valence-electron chi connectivity index (χ4n) is 4.24. The van der Waals surface area contributed by atoms with Gasteiger partial charge in [-0.05, 0) is 75.5 Å². The Morgan fingerprint density at radius 1 is 0.853 bits per heavy atom. The molecule has 0 spiro atoms. The fourth-order valence-corrected chi connectivity index (χ4v) is 4.24. The van der Waals surface area contributed by atoms with Crippen molar-refractivity contribution in [1.29, 1.82) is 0 Å². The van der Waals surface area contributed by atoms with Gasteiger partial charge in [0, 0.05) is 24.9 Å². The van der Waals surface area contributed by atoms with Gasteiger partial charge < -0.3 is 20.3 Å². The summed E-state index contributed by atoms with van der Waals surface area (Å²) in [6.07, 6.45) is 1.33. The molecule has 1 aliphatic rings. The van der Waals surface area contributed by atoms with E-state index in [9.17, 15) is 14.7 Å². The minimum absolute atomic E-state index is 0.160. The van der Waals surface area contributed by atoms with Crippen LogP contribution in [0.2, 0.25) is 0 Å². The molecule has 0 bridgehead atoms. The van der Waals surface area contributed by atoms with Crippen LogP contribution in [-0.4, -0.2) is 28.7 Å². The number of hydrogen-bond acceptors (Lipinski definition) is 4. The first kappa shape index (κ1) is 21.5. The lowest BCUT2D eigenvalue weighted by Crippen LogP contribution is -2.22. The molecule has 0 atom stereocenters. The van der Waals surface area contributed by atoms with Crippen molar-refractivity contribution in [3.05, 3.63) is 106 Å². The quantitative estimate of drug-likeness (QED) is 0.393. The van der Waals surface area contributed by atoms with Gasteiger partial charge in [-0.1, -0.05) is 30.3 Å². The van der Waals surface area contributed by atoms with Gasteiger partial charge in [0.25, 0.3) is 5.91 Å². The van der Waals surface area contributed by atoms with E-state index >= 15 is 0 Å². The number of rotatable bonds is 6. The van der Waals surface area contributed by atoms with E-state index in [2.05, 4.69) is 11.4 Å². The summed E-state index contributed by atoms with van der Waals surface area (Å²) in [7, 11) is 0. The highest BCUT2D eigenvalue weighted by molar-refractivity contribution is 5.99. The minimum atomic E-state index is -0.976. The van der Waals surface area contributed by atoms with Crippen LogP contribution in [0.25, 0.3) is 10.8 Å². The minimum Gasteiger partial charge on any atom is -0.508 e. The molecule has 1 aliphatic heterocycles. The zero-order chi connectivity index (χ0) is 23.7. The summed E-state index contributed by atoms with van der Waals surface area (Å²) in [5, 5.41) is 24.2. The number of amides is 1. The number of hydrogen-bond donors (Lipinski definition) is 3. The molecule has 170 valence electrons. The van der Waals surface area contributed by atoms with Crippen molar-refractivity contribution in [2.75, 3.05) is 6.61 Å². The number of fused-ring (bicyclic) bond motifs is 2. The molecule has 0 saturated heterocycles. The number of benzene rings is 4. The highest BCUT2D eigenvalue weighted by Crippen LogP contribution is 2.28. The lowest BCUT2D eigenvalue weighted by molar-refractivity contribution is 0.0696. The number of carbonyl (C=O) groups excluding carboxylic acids is 1. The molecule has 1 heterocycles. The third-order valence-corrected chi connectivity index (χ3v) is 6.10. The van der Waals surface area contributed by atoms with Crippen LogP contribution in [0.4, 0.5) is 0 Å². The van der Waals surface area contributed by atoms with Crippen LogP contribution in [-0.2, 0) is 19.4 Å². The number of carboxylic acid groups (broad SMARTS) is 1. The van der Waals surface area contributed by atoms with Gasteiger partial charge in [0.2, 0.25) is 0 Å². The highest BCUT2D eigenvalue weighted by Gasteiger charge is 2.13. The Morgan fingerprint density at radius 3 is 2.41 bits per heavy atom. The van der Waals surface area contributed by atoms with Crippen molar-refractivity contribution < 1.29 is 24.5 Å². The van der Waals surface area contributed by atoms with Crippen LogP contribution in [0.15, 0.2) is 72.8 Å². The van der Waals surface area contributed by atoms with Crippen LogP contribution in [0.3, 0.4) is 0 Å². The van der Waals surface area contributed by atoms with E-state index in [1.807, 2.05) is 30.3 Å². The van der Waals surface area contributed by atoms with E-state index in [1.54, 1.807) is 36.4 Å². The first-order valence-electron chi connectivity index (χ1n) is 11.1. The second-order valence-electron chi connectivity index (χ2n) is 8.44. The number of nitrogens with one attached hydrogen (secondary N) is 1. The molecule has 5 rings (SSSR count). The molecule has 0 aliphatic carbocycles. The summed E-state index contributed by atoms with van der Waals surface area (Å²) in [4.78, 5) is 23.8. The largest absolute Gasteiger partial charge is 0.508 e. The zero-order valence-electron chi connectivity index (χ0n) is 18.4. The predicted molar refractivity (Wildman–Crippen MR) is 129 cm³/mol. The highest BCUT2D eigenvalue weighted by atomic mass is 16.5. The number of phenols is 1. The Hall–Kier alpha value is -4.32. The molecule has 3 N–H and O–H groups in total. The van der Waals surface area contributed by atoms with Crippen molar-refractivity contribution in [3.8, 4) is 11.5 Å². The molecule has 6 nitrogen and oxygen atoms in total. The maximum absolute atomic E-state index is 12.8. The number of aromatic hydroxyl groups is 1. The molecule has 0 saturated carbocycles. The molecule has 6 heteroatoms. The van der Waals surface area contributed by atoms with Gasteiger partial charge in [0.1, 0.15) is 11.5 Å². The summed E-state index contributed by atoms with van der Waals surface area (Å²) in [5.74, 6) is -0.0669. The van der Waals surface area contributed by atoms with E-state index in [0.29, 0.717) is 30.7 Å². The number of aromatic carboxylic acids is 1. The van der Waals surface area contributed by atoms with Crippen molar-refractivity contribution >= 4 is 22.6 Å². The van der Waals surface area contributed by atoms with Gasteiger partial charge in [0.05, 0.1) is 12.2 Å². The van der Waals surface area contributed by atoms with Crippen molar-refractivity contribution in [3.63, 3.8) is 0 Å². The molecule has 0 radical (unpaired) electrons. The Morgan fingerprint density at radius 2 is 1.62 bits per heavy atom. The Kier molecular flexibility index (Phi) is 5.64. The number of carbonyl (C=O) groups is 2. The average Bonchev–Trinajstić information content (AvgIpc) is 3.31. The second kappa shape index (κ2) is 8.90. The molecule has 0 unspecified atom stereocenters. The summed E-state index contributed by atoms with van der Waals surface area (Å²) in [6.45, 7) is 1.13. The van der Waals surface area contributed by atoms with Crippen LogP contribution in [0.5, 0.6) is 11.5 Å². The lowest BCUT2D eigenvalue weighted by atomic mass is 9.98. The normalized spacial score (nSPS) is 12.2. The monoisotopic (exact) mass is 453 g/mol. The molecule has 4 aromatic rings. The molecule has 1 amide bonds. The van der Waals surface area contributed by atoms with E-state index in [4.69, 9.17) is 9.84 Å². The second-order valence-corrected chi connectivity index (χ2v) is 8.44.